The second-order valence-electron chi connectivity index (χ2n) is 4.13. The van der Waals surface area contributed by atoms with Crippen LogP contribution in [0, 0.1) is 0 Å². The second kappa shape index (κ2) is 8.22. The molecule has 0 aromatic heterocycles. The Hall–Kier alpha value is -1.30. The van der Waals surface area contributed by atoms with Crippen LogP contribution in [0.4, 0.5) is 0 Å². The molecule has 0 radical (unpaired) electrons. The van der Waals surface area contributed by atoms with Gasteiger partial charge in [0, 0.05) is 10.2 Å². The minimum absolute atomic E-state index is 0.433. The molecule has 0 aliphatic heterocycles. The summed E-state index contributed by atoms with van der Waals surface area (Å²) in [4.78, 5) is 0. The number of hydrogen-bond acceptors (Lipinski definition) is 3. The van der Waals surface area contributed by atoms with E-state index in [9.17, 15) is 0 Å². The van der Waals surface area contributed by atoms with Gasteiger partial charge in [-0.2, -0.15) is 5.10 Å². The Morgan fingerprint density at radius 1 is 1.24 bits per heavy atom. The summed E-state index contributed by atoms with van der Waals surface area (Å²) in [6.45, 7) is 0. The highest BCUT2D eigenvalue weighted by atomic mass is 79.9. The Bertz CT molecular complexity index is 659. The number of nitrogens with two attached hydrogens (primary N) is 1. The number of nitrogens with zero attached hydrogens (tertiary/aromatic N) is 2. The van der Waals surface area contributed by atoms with Crippen LogP contribution in [0.1, 0.15) is 11.1 Å². The lowest BCUT2D eigenvalue weighted by atomic mass is 10.2. The molecule has 21 heavy (non-hydrogen) atoms. The summed E-state index contributed by atoms with van der Waals surface area (Å²) in [5, 5.41) is 9.04. The lowest BCUT2D eigenvalue weighted by molar-refractivity contribution is 1.25. The molecule has 0 aliphatic rings. The number of rotatable bonds is 4. The average Bonchev–Trinajstić information content (AvgIpc) is 2.50. The van der Waals surface area contributed by atoms with Gasteiger partial charge in [0.1, 0.15) is 0 Å². The summed E-state index contributed by atoms with van der Waals surface area (Å²) in [6.07, 6.45) is 1.64. The summed E-state index contributed by atoms with van der Waals surface area (Å²) in [5.41, 5.74) is 7.91. The molecule has 3 nitrogen and oxygen atoms in total. The summed E-state index contributed by atoms with van der Waals surface area (Å²) in [7, 11) is 0. The van der Waals surface area contributed by atoms with E-state index < -0.39 is 0 Å². The SMILES string of the molecule is NC(=NN=Cc1ccc(Cl)c(Br)c1)SCc1ccccc1. The molecule has 2 aromatic carbocycles. The molecule has 0 spiro atoms. The van der Waals surface area contributed by atoms with Crippen LogP contribution in [0.25, 0.3) is 0 Å². The average molecular weight is 383 g/mol. The van der Waals surface area contributed by atoms with E-state index in [1.807, 2.05) is 30.3 Å². The molecule has 0 amide bonds. The van der Waals surface area contributed by atoms with E-state index in [4.69, 9.17) is 17.3 Å². The molecule has 6 heteroatoms. The lowest BCUT2D eigenvalue weighted by Gasteiger charge is -1.99. The van der Waals surface area contributed by atoms with Crippen LogP contribution in [-0.4, -0.2) is 11.4 Å². The van der Waals surface area contributed by atoms with Crippen molar-refractivity contribution in [2.45, 2.75) is 5.75 Å². The van der Waals surface area contributed by atoms with Crippen LogP contribution in [0.15, 0.2) is 63.2 Å². The summed E-state index contributed by atoms with van der Waals surface area (Å²) in [5.74, 6) is 0.776. The molecule has 2 aromatic rings. The summed E-state index contributed by atoms with van der Waals surface area (Å²) in [6, 6.07) is 15.6. The van der Waals surface area contributed by atoms with Gasteiger partial charge in [-0.15, -0.1) is 5.10 Å². The van der Waals surface area contributed by atoms with E-state index in [1.165, 1.54) is 17.3 Å². The van der Waals surface area contributed by atoms with Crippen molar-refractivity contribution in [2.24, 2.45) is 15.9 Å². The third kappa shape index (κ3) is 5.53. The highest BCUT2D eigenvalue weighted by Gasteiger charge is 1.97. The fourth-order valence-corrected chi connectivity index (χ4v) is 2.63. The topological polar surface area (TPSA) is 50.7 Å². The fraction of sp³-hybridized carbons (Fsp3) is 0.0667. The molecule has 0 atom stereocenters. The quantitative estimate of drug-likeness (QED) is 0.474. The number of halogens is 2. The molecule has 0 heterocycles. The Morgan fingerprint density at radius 2 is 2.00 bits per heavy atom. The van der Waals surface area contributed by atoms with Gasteiger partial charge in [0.15, 0.2) is 5.17 Å². The van der Waals surface area contributed by atoms with Gasteiger partial charge in [-0.05, 0) is 39.2 Å². The van der Waals surface area contributed by atoms with Gasteiger partial charge in [-0.25, -0.2) is 0 Å². The highest BCUT2D eigenvalue weighted by molar-refractivity contribution is 9.10. The summed E-state index contributed by atoms with van der Waals surface area (Å²) < 4.78 is 0.823. The van der Waals surface area contributed by atoms with Gasteiger partial charge in [0.2, 0.25) is 0 Å². The molecule has 108 valence electrons. The van der Waals surface area contributed by atoms with E-state index in [0.29, 0.717) is 10.2 Å². The molecule has 0 saturated carbocycles. The first-order chi connectivity index (χ1) is 10.1. The zero-order valence-electron chi connectivity index (χ0n) is 11.0. The van der Waals surface area contributed by atoms with Crippen molar-refractivity contribution in [3.8, 4) is 0 Å². The first-order valence-electron chi connectivity index (χ1n) is 6.13. The van der Waals surface area contributed by atoms with E-state index >= 15 is 0 Å². The van der Waals surface area contributed by atoms with Crippen molar-refractivity contribution >= 4 is 50.7 Å². The van der Waals surface area contributed by atoms with Crippen LogP contribution < -0.4 is 5.73 Å². The normalized spacial score (nSPS) is 12.0. The Balaban J connectivity index is 1.90. The first-order valence-corrected chi connectivity index (χ1v) is 8.29. The maximum atomic E-state index is 5.92. The second-order valence-corrected chi connectivity index (χ2v) is 6.39. The van der Waals surface area contributed by atoms with Crippen molar-refractivity contribution < 1.29 is 0 Å². The molecule has 0 bridgehead atoms. The number of benzene rings is 2. The Kier molecular flexibility index (Phi) is 6.29. The third-order valence-electron chi connectivity index (χ3n) is 2.54. The van der Waals surface area contributed by atoms with Crippen LogP contribution in [0.2, 0.25) is 5.02 Å². The minimum Gasteiger partial charge on any atom is -0.377 e. The standard InChI is InChI=1S/C15H13BrClN3S/c16-13-8-12(6-7-14(13)17)9-19-20-15(18)21-10-11-4-2-1-3-5-11/h1-9H,10H2,(H2,18,20). The van der Waals surface area contributed by atoms with E-state index in [-0.39, 0.29) is 0 Å². The van der Waals surface area contributed by atoms with Crippen molar-refractivity contribution in [1.29, 1.82) is 0 Å². The molecular weight excluding hydrogens is 370 g/mol. The van der Waals surface area contributed by atoms with Gasteiger partial charge >= 0.3 is 0 Å². The van der Waals surface area contributed by atoms with Gasteiger partial charge in [0.25, 0.3) is 0 Å². The van der Waals surface area contributed by atoms with E-state index in [1.54, 1.807) is 12.3 Å². The minimum atomic E-state index is 0.433. The molecular formula is C15H13BrClN3S. The van der Waals surface area contributed by atoms with Gasteiger partial charge in [-0.3, -0.25) is 0 Å². The van der Waals surface area contributed by atoms with Crippen LogP contribution in [0.5, 0.6) is 0 Å². The van der Waals surface area contributed by atoms with Crippen molar-refractivity contribution in [2.75, 3.05) is 0 Å². The fourth-order valence-electron chi connectivity index (χ4n) is 1.51. The van der Waals surface area contributed by atoms with E-state index in [0.717, 1.165) is 15.8 Å². The predicted octanol–water partition coefficient (Wildman–Crippen LogP) is 4.68. The third-order valence-corrected chi connectivity index (χ3v) is 4.61. The predicted molar refractivity (Wildman–Crippen MR) is 96.1 cm³/mol. The number of thioether (sulfide) groups is 1. The molecule has 0 unspecified atom stereocenters. The van der Waals surface area contributed by atoms with Crippen molar-refractivity contribution in [3.05, 3.63) is 69.2 Å². The molecule has 2 rings (SSSR count). The van der Waals surface area contributed by atoms with Crippen LogP contribution in [0.3, 0.4) is 0 Å². The first kappa shape index (κ1) is 16.1. The molecule has 2 N–H and O–H groups in total. The Labute approximate surface area is 141 Å². The molecule has 0 fully saturated rings. The monoisotopic (exact) mass is 381 g/mol. The van der Waals surface area contributed by atoms with Gasteiger partial charge in [-0.1, -0.05) is 59.8 Å². The Morgan fingerprint density at radius 3 is 2.71 bits per heavy atom. The maximum absolute atomic E-state index is 5.92. The smallest absolute Gasteiger partial charge is 0.180 e. The van der Waals surface area contributed by atoms with Crippen LogP contribution >= 0.6 is 39.3 Å². The van der Waals surface area contributed by atoms with Crippen LogP contribution in [-0.2, 0) is 5.75 Å². The van der Waals surface area contributed by atoms with E-state index in [2.05, 4.69) is 38.3 Å². The van der Waals surface area contributed by atoms with Gasteiger partial charge < -0.3 is 5.73 Å². The largest absolute Gasteiger partial charge is 0.377 e. The maximum Gasteiger partial charge on any atom is 0.180 e. The van der Waals surface area contributed by atoms with Crippen molar-refractivity contribution in [3.63, 3.8) is 0 Å². The molecule has 0 saturated heterocycles. The highest BCUT2D eigenvalue weighted by Crippen LogP contribution is 2.22. The van der Waals surface area contributed by atoms with Crippen molar-refractivity contribution in [1.82, 2.24) is 0 Å². The number of amidine groups is 1. The number of hydrogen-bond donors (Lipinski definition) is 1. The zero-order chi connectivity index (χ0) is 15.1. The van der Waals surface area contributed by atoms with Gasteiger partial charge in [0.05, 0.1) is 11.2 Å². The summed E-state index contributed by atoms with van der Waals surface area (Å²) >= 11 is 10.7. The molecule has 0 aliphatic carbocycles. The zero-order valence-corrected chi connectivity index (χ0v) is 14.2. The lowest BCUT2D eigenvalue weighted by Crippen LogP contribution is -2.05.